The van der Waals surface area contributed by atoms with E-state index in [0.717, 1.165) is 28.6 Å². The number of ether oxygens (including phenoxy) is 1. The van der Waals surface area contributed by atoms with Crippen molar-refractivity contribution >= 4 is 32.4 Å². The maximum Gasteiger partial charge on any atom is 0.186 e. The molecule has 0 bridgehead atoms. The van der Waals surface area contributed by atoms with Crippen LogP contribution in [0.15, 0.2) is 34.2 Å². The minimum atomic E-state index is 0.703. The summed E-state index contributed by atoms with van der Waals surface area (Å²) in [7, 11) is 0. The molecule has 0 N–H and O–H groups in total. The Balaban J connectivity index is 1.90. The monoisotopic (exact) mass is 310 g/mol. The van der Waals surface area contributed by atoms with E-state index in [1.807, 2.05) is 23.6 Å². The quantitative estimate of drug-likeness (QED) is 0.808. The number of hydrogen-bond acceptors (Lipinski definition) is 4. The summed E-state index contributed by atoms with van der Waals surface area (Å²) in [4.78, 5) is 6.71. The van der Waals surface area contributed by atoms with Crippen LogP contribution < -0.4 is 9.64 Å². The molecule has 0 radical (unpaired) electrons. The molecule has 1 aliphatic heterocycles. The van der Waals surface area contributed by atoms with E-state index in [2.05, 4.69) is 31.9 Å². The van der Waals surface area contributed by atoms with Crippen LogP contribution in [0.25, 0.3) is 0 Å². The molecule has 0 atom stereocenters. The van der Waals surface area contributed by atoms with Crippen molar-refractivity contribution in [2.75, 3.05) is 18.1 Å². The van der Waals surface area contributed by atoms with Crippen LogP contribution in [0.5, 0.6) is 5.75 Å². The molecule has 2 aromatic rings. The molecule has 0 fully saturated rings. The maximum atomic E-state index is 5.73. The van der Waals surface area contributed by atoms with Gasteiger partial charge in [-0.15, -0.1) is 11.3 Å². The number of nitrogens with zero attached hydrogens (tertiary/aromatic N) is 2. The number of halogens is 1. The first-order valence-corrected chi connectivity index (χ1v) is 7.07. The highest BCUT2D eigenvalue weighted by atomic mass is 79.9. The van der Waals surface area contributed by atoms with Crippen LogP contribution in [0, 0.1) is 0 Å². The average molecular weight is 311 g/mol. The van der Waals surface area contributed by atoms with Gasteiger partial charge in [0.1, 0.15) is 17.0 Å². The molecule has 0 amide bonds. The Morgan fingerprint density at radius 3 is 3.06 bits per heavy atom. The van der Waals surface area contributed by atoms with Crippen LogP contribution in [0.1, 0.15) is 5.56 Å². The Morgan fingerprint density at radius 1 is 1.35 bits per heavy atom. The van der Waals surface area contributed by atoms with Gasteiger partial charge in [0.05, 0.1) is 6.54 Å². The molecular weight excluding hydrogens is 300 g/mol. The lowest BCUT2D eigenvalue weighted by molar-refractivity contribution is 0.331. The van der Waals surface area contributed by atoms with Gasteiger partial charge in [0.25, 0.3) is 0 Å². The van der Waals surface area contributed by atoms with Gasteiger partial charge in [-0.1, -0.05) is 18.2 Å². The van der Waals surface area contributed by atoms with Crippen molar-refractivity contribution in [2.45, 2.75) is 6.54 Å². The summed E-state index contributed by atoms with van der Waals surface area (Å²) in [5.74, 6) is 0.991. The maximum absolute atomic E-state index is 5.73. The second kappa shape index (κ2) is 4.66. The SMILES string of the molecule is Brc1csc(N2CCOc3ccccc3C2)n1. The molecule has 3 nitrogen and oxygen atoms in total. The first kappa shape index (κ1) is 11.0. The fourth-order valence-electron chi connectivity index (χ4n) is 1.88. The Morgan fingerprint density at radius 2 is 2.24 bits per heavy atom. The minimum absolute atomic E-state index is 0.703. The summed E-state index contributed by atoms with van der Waals surface area (Å²) in [5.41, 5.74) is 1.22. The highest BCUT2D eigenvalue weighted by Crippen LogP contribution is 2.29. The second-order valence-electron chi connectivity index (χ2n) is 3.83. The first-order chi connectivity index (χ1) is 8.33. The van der Waals surface area contributed by atoms with Crippen LogP contribution in [0.3, 0.4) is 0 Å². The van der Waals surface area contributed by atoms with Gasteiger partial charge in [-0.05, 0) is 22.0 Å². The molecule has 17 heavy (non-hydrogen) atoms. The molecule has 5 heteroatoms. The average Bonchev–Trinajstić information content (AvgIpc) is 2.65. The topological polar surface area (TPSA) is 25.4 Å². The standard InChI is InChI=1S/C12H11BrN2OS/c13-11-8-17-12(14-11)15-5-6-16-10-4-2-1-3-9(10)7-15/h1-4,8H,5-7H2. The minimum Gasteiger partial charge on any atom is -0.491 e. The molecule has 2 heterocycles. The highest BCUT2D eigenvalue weighted by molar-refractivity contribution is 9.10. The first-order valence-electron chi connectivity index (χ1n) is 5.39. The number of fused-ring (bicyclic) bond motifs is 1. The molecular formula is C12H11BrN2OS. The van der Waals surface area contributed by atoms with Gasteiger partial charge in [-0.25, -0.2) is 4.98 Å². The highest BCUT2D eigenvalue weighted by Gasteiger charge is 2.17. The van der Waals surface area contributed by atoms with Gasteiger partial charge >= 0.3 is 0 Å². The Kier molecular flexibility index (Phi) is 3.03. The zero-order chi connectivity index (χ0) is 11.7. The van der Waals surface area contributed by atoms with Crippen LogP contribution in [0.2, 0.25) is 0 Å². The summed E-state index contributed by atoms with van der Waals surface area (Å²) in [6.45, 7) is 2.43. The normalized spacial score (nSPS) is 15.0. The van der Waals surface area contributed by atoms with Gasteiger partial charge in [-0.2, -0.15) is 0 Å². The van der Waals surface area contributed by atoms with E-state index >= 15 is 0 Å². The van der Waals surface area contributed by atoms with E-state index < -0.39 is 0 Å². The van der Waals surface area contributed by atoms with Crippen LogP contribution >= 0.6 is 27.3 Å². The van der Waals surface area contributed by atoms with Gasteiger partial charge in [-0.3, -0.25) is 0 Å². The summed E-state index contributed by atoms with van der Waals surface area (Å²) in [6, 6.07) is 8.19. The van der Waals surface area contributed by atoms with E-state index in [9.17, 15) is 0 Å². The third kappa shape index (κ3) is 2.30. The van der Waals surface area contributed by atoms with Crippen molar-refractivity contribution in [3.63, 3.8) is 0 Å². The number of anilines is 1. The van der Waals surface area contributed by atoms with Gasteiger partial charge < -0.3 is 9.64 Å². The number of aromatic nitrogens is 1. The molecule has 0 saturated carbocycles. The lowest BCUT2D eigenvalue weighted by Crippen LogP contribution is -2.24. The summed E-state index contributed by atoms with van der Waals surface area (Å²) >= 11 is 5.04. The van der Waals surface area contributed by atoms with Crippen LogP contribution in [-0.2, 0) is 6.54 Å². The molecule has 1 aromatic heterocycles. The van der Waals surface area contributed by atoms with E-state index in [-0.39, 0.29) is 0 Å². The fraction of sp³-hybridized carbons (Fsp3) is 0.250. The van der Waals surface area contributed by atoms with Gasteiger partial charge in [0, 0.05) is 17.5 Å². The molecule has 88 valence electrons. The van der Waals surface area contributed by atoms with E-state index in [1.165, 1.54) is 5.56 Å². The van der Waals surface area contributed by atoms with Gasteiger partial charge in [0.15, 0.2) is 5.13 Å². The molecule has 3 rings (SSSR count). The van der Waals surface area contributed by atoms with Crippen LogP contribution in [0.4, 0.5) is 5.13 Å². The summed E-state index contributed by atoms with van der Waals surface area (Å²) < 4.78 is 6.63. The van der Waals surface area contributed by atoms with E-state index in [1.54, 1.807) is 11.3 Å². The predicted octanol–water partition coefficient (Wildman–Crippen LogP) is 3.30. The Bertz CT molecular complexity index is 529. The van der Waals surface area contributed by atoms with E-state index in [4.69, 9.17) is 4.74 Å². The molecule has 0 aliphatic carbocycles. The third-order valence-corrected chi connectivity index (χ3v) is 4.30. The van der Waals surface area contributed by atoms with Crippen molar-refractivity contribution in [1.29, 1.82) is 0 Å². The number of hydrogen-bond donors (Lipinski definition) is 0. The summed E-state index contributed by atoms with van der Waals surface area (Å²) in [5, 5.41) is 3.05. The van der Waals surface area contributed by atoms with E-state index in [0.29, 0.717) is 6.61 Å². The Hall–Kier alpha value is -1.07. The molecule has 0 spiro atoms. The van der Waals surface area contributed by atoms with Gasteiger partial charge in [0.2, 0.25) is 0 Å². The lowest BCUT2D eigenvalue weighted by atomic mass is 10.2. The summed E-state index contributed by atoms with van der Waals surface area (Å²) in [6.07, 6.45) is 0. The molecule has 1 aliphatic rings. The zero-order valence-corrected chi connectivity index (χ0v) is 11.5. The second-order valence-corrected chi connectivity index (χ2v) is 5.48. The predicted molar refractivity (Wildman–Crippen MR) is 72.8 cm³/mol. The van der Waals surface area contributed by atoms with Crippen molar-refractivity contribution in [3.05, 3.63) is 39.8 Å². The largest absolute Gasteiger partial charge is 0.491 e. The number of benzene rings is 1. The van der Waals surface area contributed by atoms with Crippen molar-refractivity contribution < 1.29 is 4.74 Å². The number of para-hydroxylation sites is 1. The molecule has 0 saturated heterocycles. The fourth-order valence-corrected chi connectivity index (χ4v) is 3.16. The Labute approximate surface area is 112 Å². The number of thiazole rings is 1. The zero-order valence-electron chi connectivity index (χ0n) is 9.10. The van der Waals surface area contributed by atoms with Crippen LogP contribution in [-0.4, -0.2) is 18.1 Å². The van der Waals surface area contributed by atoms with Crippen molar-refractivity contribution in [3.8, 4) is 5.75 Å². The van der Waals surface area contributed by atoms with Crippen molar-refractivity contribution in [2.24, 2.45) is 0 Å². The number of rotatable bonds is 1. The smallest absolute Gasteiger partial charge is 0.186 e. The lowest BCUT2D eigenvalue weighted by Gasteiger charge is -2.18. The third-order valence-electron chi connectivity index (χ3n) is 2.69. The molecule has 1 aromatic carbocycles. The van der Waals surface area contributed by atoms with Crippen molar-refractivity contribution in [1.82, 2.24) is 4.98 Å². The molecule has 0 unspecified atom stereocenters.